The molecule has 0 unspecified atom stereocenters. The second-order valence-corrected chi connectivity index (χ2v) is 7.34. The number of rotatable bonds is 6. The van der Waals surface area contributed by atoms with Crippen molar-refractivity contribution in [1.29, 1.82) is 0 Å². The van der Waals surface area contributed by atoms with E-state index in [1.165, 1.54) is 0 Å². The second-order valence-electron chi connectivity index (χ2n) is 5.24. The van der Waals surface area contributed by atoms with Crippen molar-refractivity contribution in [2.75, 3.05) is 5.75 Å². The lowest BCUT2D eigenvalue weighted by atomic mass is 10.1. The molecule has 0 saturated carbocycles. The Morgan fingerprint density at radius 1 is 1.08 bits per heavy atom. The summed E-state index contributed by atoms with van der Waals surface area (Å²) in [4.78, 5) is 4.02. The number of pyridine rings is 1. The molecule has 0 amide bonds. The molecule has 2 aromatic heterocycles. The van der Waals surface area contributed by atoms with Gasteiger partial charge in [-0.25, -0.2) is 17.8 Å². The van der Waals surface area contributed by atoms with Gasteiger partial charge in [-0.1, -0.05) is 18.2 Å². The van der Waals surface area contributed by atoms with Gasteiger partial charge in [-0.2, -0.15) is 5.10 Å². The van der Waals surface area contributed by atoms with Crippen LogP contribution in [0.5, 0.6) is 0 Å². The van der Waals surface area contributed by atoms with E-state index >= 15 is 0 Å². The first kappa shape index (κ1) is 16.4. The molecule has 24 heavy (non-hydrogen) atoms. The number of hydrogen-bond acceptors (Lipinski definition) is 4. The maximum Gasteiger partial charge on any atom is 0.211 e. The molecule has 0 saturated heterocycles. The van der Waals surface area contributed by atoms with E-state index in [2.05, 4.69) is 14.8 Å². The molecule has 0 spiro atoms. The van der Waals surface area contributed by atoms with Crippen LogP contribution in [0.15, 0.2) is 61.1 Å². The normalized spacial score (nSPS) is 11.5. The second kappa shape index (κ2) is 6.94. The molecule has 1 N–H and O–H groups in total. The minimum Gasteiger partial charge on any atom is -0.265 e. The third-order valence-corrected chi connectivity index (χ3v) is 4.97. The van der Waals surface area contributed by atoms with Crippen LogP contribution in [-0.4, -0.2) is 28.9 Å². The molecule has 6 nitrogen and oxygen atoms in total. The topological polar surface area (TPSA) is 76.9 Å². The van der Waals surface area contributed by atoms with Gasteiger partial charge in [0.25, 0.3) is 0 Å². The standard InChI is InChI=1S/C17H18N4O2S/c1-2-24(22,23)19-12-15-13-21(16-6-4-3-5-7-16)20-17(15)14-8-10-18-11-9-14/h3-11,13,19H,2,12H2,1H3. The van der Waals surface area contributed by atoms with Crippen molar-refractivity contribution in [2.24, 2.45) is 0 Å². The van der Waals surface area contributed by atoms with Crippen LogP contribution in [0.25, 0.3) is 16.9 Å². The average molecular weight is 342 g/mol. The minimum atomic E-state index is -3.27. The van der Waals surface area contributed by atoms with E-state index in [4.69, 9.17) is 0 Å². The van der Waals surface area contributed by atoms with Gasteiger partial charge in [0.2, 0.25) is 10.0 Å². The van der Waals surface area contributed by atoms with Crippen molar-refractivity contribution < 1.29 is 8.42 Å². The highest BCUT2D eigenvalue weighted by Crippen LogP contribution is 2.23. The summed E-state index contributed by atoms with van der Waals surface area (Å²) in [5.74, 6) is 0.0460. The maximum absolute atomic E-state index is 11.7. The summed E-state index contributed by atoms with van der Waals surface area (Å²) in [6, 6.07) is 13.4. The molecule has 0 atom stereocenters. The lowest BCUT2D eigenvalue weighted by molar-refractivity contribution is 0.582. The Morgan fingerprint density at radius 3 is 2.46 bits per heavy atom. The van der Waals surface area contributed by atoms with Crippen LogP contribution in [0.1, 0.15) is 12.5 Å². The van der Waals surface area contributed by atoms with Gasteiger partial charge < -0.3 is 0 Å². The molecule has 0 aliphatic carbocycles. The first-order valence-electron chi connectivity index (χ1n) is 7.61. The van der Waals surface area contributed by atoms with E-state index in [-0.39, 0.29) is 12.3 Å². The summed E-state index contributed by atoms with van der Waals surface area (Å²) in [6.07, 6.45) is 5.23. The molecular formula is C17H18N4O2S. The lowest BCUT2D eigenvalue weighted by Gasteiger charge is -2.04. The Labute approximate surface area is 141 Å². The van der Waals surface area contributed by atoms with E-state index in [1.54, 1.807) is 24.0 Å². The van der Waals surface area contributed by atoms with Gasteiger partial charge >= 0.3 is 0 Å². The Hall–Kier alpha value is -2.51. The van der Waals surface area contributed by atoms with E-state index in [0.29, 0.717) is 0 Å². The molecule has 7 heteroatoms. The number of para-hydroxylation sites is 1. The Kier molecular flexibility index (Phi) is 4.73. The molecule has 124 valence electrons. The summed E-state index contributed by atoms with van der Waals surface area (Å²) in [5.41, 5.74) is 3.35. The fourth-order valence-corrected chi connectivity index (χ4v) is 2.87. The van der Waals surface area contributed by atoms with Crippen LogP contribution in [0.2, 0.25) is 0 Å². The minimum absolute atomic E-state index is 0.0460. The van der Waals surface area contributed by atoms with Crippen molar-refractivity contribution in [3.8, 4) is 16.9 Å². The number of benzene rings is 1. The van der Waals surface area contributed by atoms with E-state index in [0.717, 1.165) is 22.5 Å². The molecular weight excluding hydrogens is 324 g/mol. The number of hydrogen-bond donors (Lipinski definition) is 1. The predicted octanol–water partition coefficient (Wildman–Crippen LogP) is 2.37. The molecule has 3 rings (SSSR count). The summed E-state index contributed by atoms with van der Waals surface area (Å²) >= 11 is 0. The molecule has 1 aromatic carbocycles. The zero-order chi connectivity index (χ0) is 17.0. The Bertz CT molecular complexity index is 906. The van der Waals surface area contributed by atoms with Crippen LogP contribution >= 0.6 is 0 Å². The molecule has 0 bridgehead atoms. The number of nitrogens with one attached hydrogen (secondary N) is 1. The van der Waals surface area contributed by atoms with Gasteiger partial charge in [-0.3, -0.25) is 4.98 Å². The van der Waals surface area contributed by atoms with Crippen molar-refractivity contribution in [3.63, 3.8) is 0 Å². The Balaban J connectivity index is 2.00. The van der Waals surface area contributed by atoms with E-state index in [1.807, 2.05) is 48.7 Å². The Morgan fingerprint density at radius 2 is 1.79 bits per heavy atom. The zero-order valence-electron chi connectivity index (χ0n) is 13.3. The van der Waals surface area contributed by atoms with Crippen LogP contribution in [0.4, 0.5) is 0 Å². The highest BCUT2D eigenvalue weighted by molar-refractivity contribution is 7.89. The van der Waals surface area contributed by atoms with E-state index < -0.39 is 10.0 Å². The van der Waals surface area contributed by atoms with Crippen LogP contribution in [0.3, 0.4) is 0 Å². The van der Waals surface area contributed by atoms with Crippen molar-refractivity contribution >= 4 is 10.0 Å². The quantitative estimate of drug-likeness (QED) is 0.746. The van der Waals surface area contributed by atoms with Crippen molar-refractivity contribution in [3.05, 3.63) is 66.6 Å². The van der Waals surface area contributed by atoms with Crippen LogP contribution < -0.4 is 4.72 Å². The third-order valence-electron chi connectivity index (χ3n) is 3.63. The zero-order valence-corrected chi connectivity index (χ0v) is 14.1. The molecule has 2 heterocycles. The van der Waals surface area contributed by atoms with Gasteiger partial charge in [0, 0.05) is 36.3 Å². The number of nitrogens with zero attached hydrogens (tertiary/aromatic N) is 3. The molecule has 0 radical (unpaired) electrons. The largest absolute Gasteiger partial charge is 0.265 e. The molecule has 0 aliphatic heterocycles. The molecule has 0 fully saturated rings. The highest BCUT2D eigenvalue weighted by atomic mass is 32.2. The van der Waals surface area contributed by atoms with Gasteiger partial charge in [0.15, 0.2) is 0 Å². The predicted molar refractivity (Wildman–Crippen MR) is 93.1 cm³/mol. The third kappa shape index (κ3) is 3.69. The van der Waals surface area contributed by atoms with Crippen LogP contribution in [-0.2, 0) is 16.6 Å². The van der Waals surface area contributed by atoms with Gasteiger partial charge in [0.05, 0.1) is 17.1 Å². The van der Waals surface area contributed by atoms with Gasteiger partial charge in [-0.15, -0.1) is 0 Å². The average Bonchev–Trinajstić information content (AvgIpc) is 3.06. The summed E-state index contributed by atoms with van der Waals surface area (Å²) in [5, 5.41) is 4.63. The SMILES string of the molecule is CCS(=O)(=O)NCc1cn(-c2ccccc2)nc1-c1ccncc1. The smallest absolute Gasteiger partial charge is 0.211 e. The highest BCUT2D eigenvalue weighted by Gasteiger charge is 2.14. The summed E-state index contributed by atoms with van der Waals surface area (Å²) in [7, 11) is -3.27. The molecule has 3 aromatic rings. The lowest BCUT2D eigenvalue weighted by Crippen LogP contribution is -2.24. The van der Waals surface area contributed by atoms with Crippen molar-refractivity contribution in [2.45, 2.75) is 13.5 Å². The first-order valence-corrected chi connectivity index (χ1v) is 9.26. The summed E-state index contributed by atoms with van der Waals surface area (Å²) < 4.78 is 27.9. The monoisotopic (exact) mass is 342 g/mol. The first-order chi connectivity index (χ1) is 11.6. The van der Waals surface area contributed by atoms with Gasteiger partial charge in [-0.05, 0) is 31.2 Å². The number of sulfonamides is 1. The fourth-order valence-electron chi connectivity index (χ4n) is 2.29. The van der Waals surface area contributed by atoms with Crippen molar-refractivity contribution in [1.82, 2.24) is 19.5 Å². The van der Waals surface area contributed by atoms with Gasteiger partial charge in [0.1, 0.15) is 0 Å². The van der Waals surface area contributed by atoms with E-state index in [9.17, 15) is 8.42 Å². The number of aromatic nitrogens is 3. The van der Waals surface area contributed by atoms with Crippen LogP contribution in [0, 0.1) is 0 Å². The summed E-state index contributed by atoms with van der Waals surface area (Å²) in [6.45, 7) is 1.81. The fraction of sp³-hybridized carbons (Fsp3) is 0.176. The molecule has 0 aliphatic rings. The maximum atomic E-state index is 11.7.